The van der Waals surface area contributed by atoms with Gasteiger partial charge in [0.2, 0.25) is 10.0 Å². The Morgan fingerprint density at radius 1 is 1.38 bits per heavy atom. The van der Waals surface area contributed by atoms with Gasteiger partial charge in [-0.1, -0.05) is 0 Å². The van der Waals surface area contributed by atoms with Crippen LogP contribution in [-0.4, -0.2) is 40.3 Å². The van der Waals surface area contributed by atoms with Crippen LogP contribution in [-0.2, 0) is 14.8 Å². The molecule has 1 atom stereocenters. The van der Waals surface area contributed by atoms with Gasteiger partial charge in [0.1, 0.15) is 5.75 Å². The van der Waals surface area contributed by atoms with Crippen LogP contribution in [0.15, 0.2) is 29.2 Å². The Kier molecular flexibility index (Phi) is 5.21. The van der Waals surface area contributed by atoms with Crippen molar-refractivity contribution in [1.82, 2.24) is 4.72 Å². The maximum atomic E-state index is 12.3. The van der Waals surface area contributed by atoms with Crippen LogP contribution in [0.1, 0.15) is 19.8 Å². The zero-order valence-electron chi connectivity index (χ0n) is 12.2. The van der Waals surface area contributed by atoms with Crippen LogP contribution in [0.5, 0.6) is 5.75 Å². The molecule has 0 aliphatic carbocycles. The van der Waals surface area contributed by atoms with Crippen molar-refractivity contribution in [3.05, 3.63) is 24.3 Å². The van der Waals surface area contributed by atoms with Crippen molar-refractivity contribution >= 4 is 10.0 Å². The summed E-state index contributed by atoms with van der Waals surface area (Å²) in [5, 5.41) is 0. The van der Waals surface area contributed by atoms with Crippen LogP contribution in [0.25, 0.3) is 0 Å². The van der Waals surface area contributed by atoms with Crippen LogP contribution < -0.4 is 15.2 Å². The first-order valence-corrected chi connectivity index (χ1v) is 8.48. The summed E-state index contributed by atoms with van der Waals surface area (Å²) < 4.78 is 38.1. The number of ether oxygens (including phenoxy) is 2. The molecule has 0 bridgehead atoms. The predicted molar refractivity (Wildman–Crippen MR) is 79.8 cm³/mol. The number of hydrogen-bond donors (Lipinski definition) is 2. The van der Waals surface area contributed by atoms with Gasteiger partial charge < -0.3 is 15.2 Å². The molecule has 0 aromatic heterocycles. The SMILES string of the molecule is CC1(NS(=O)(=O)c2ccc(OCCCN)cc2)CCOC1. The van der Waals surface area contributed by atoms with Gasteiger partial charge in [0, 0.05) is 6.61 Å². The Morgan fingerprint density at radius 2 is 2.10 bits per heavy atom. The van der Waals surface area contributed by atoms with E-state index in [9.17, 15) is 8.42 Å². The minimum Gasteiger partial charge on any atom is -0.494 e. The molecule has 1 fully saturated rings. The lowest BCUT2D eigenvalue weighted by Crippen LogP contribution is -2.46. The lowest BCUT2D eigenvalue weighted by atomic mass is 10.0. The fourth-order valence-electron chi connectivity index (χ4n) is 2.12. The van der Waals surface area contributed by atoms with Crippen LogP contribution in [0, 0.1) is 0 Å². The van der Waals surface area contributed by atoms with E-state index >= 15 is 0 Å². The third kappa shape index (κ3) is 4.41. The summed E-state index contributed by atoms with van der Waals surface area (Å²) in [7, 11) is -3.55. The molecular formula is C14H22N2O4S. The van der Waals surface area contributed by atoms with Crippen molar-refractivity contribution in [2.45, 2.75) is 30.2 Å². The second kappa shape index (κ2) is 6.74. The molecule has 7 heteroatoms. The molecule has 118 valence electrons. The van der Waals surface area contributed by atoms with Crippen LogP contribution in [0.4, 0.5) is 0 Å². The highest BCUT2D eigenvalue weighted by atomic mass is 32.2. The molecule has 0 spiro atoms. The van der Waals surface area contributed by atoms with Crippen molar-refractivity contribution in [3.63, 3.8) is 0 Å². The fraction of sp³-hybridized carbons (Fsp3) is 0.571. The van der Waals surface area contributed by atoms with Crippen LogP contribution >= 0.6 is 0 Å². The van der Waals surface area contributed by atoms with E-state index in [1.165, 1.54) is 0 Å². The van der Waals surface area contributed by atoms with Crippen LogP contribution in [0.3, 0.4) is 0 Å². The van der Waals surface area contributed by atoms with Gasteiger partial charge >= 0.3 is 0 Å². The summed E-state index contributed by atoms with van der Waals surface area (Å²) in [6.07, 6.45) is 1.44. The van der Waals surface area contributed by atoms with E-state index in [0.29, 0.717) is 38.5 Å². The monoisotopic (exact) mass is 314 g/mol. The van der Waals surface area contributed by atoms with Crippen molar-refractivity contribution < 1.29 is 17.9 Å². The van der Waals surface area contributed by atoms with Gasteiger partial charge in [-0.25, -0.2) is 13.1 Å². The lowest BCUT2D eigenvalue weighted by molar-refractivity contribution is 0.178. The Hall–Kier alpha value is -1.15. The number of nitrogens with two attached hydrogens (primary N) is 1. The summed E-state index contributed by atoms with van der Waals surface area (Å²) in [4.78, 5) is 0.224. The van der Waals surface area contributed by atoms with Gasteiger partial charge in [-0.3, -0.25) is 0 Å². The molecule has 1 aliphatic heterocycles. The molecule has 0 saturated carbocycles. The van der Waals surface area contributed by atoms with E-state index in [1.807, 2.05) is 6.92 Å². The molecule has 0 radical (unpaired) electrons. The van der Waals surface area contributed by atoms with Crippen molar-refractivity contribution in [3.8, 4) is 5.75 Å². The maximum absolute atomic E-state index is 12.3. The van der Waals surface area contributed by atoms with E-state index < -0.39 is 15.6 Å². The molecular weight excluding hydrogens is 292 g/mol. The molecule has 1 aromatic rings. The van der Waals surface area contributed by atoms with E-state index in [4.69, 9.17) is 15.2 Å². The number of rotatable bonds is 7. The second-order valence-electron chi connectivity index (χ2n) is 5.43. The number of nitrogens with one attached hydrogen (secondary N) is 1. The van der Waals surface area contributed by atoms with E-state index in [-0.39, 0.29) is 4.90 Å². The smallest absolute Gasteiger partial charge is 0.241 e. The zero-order valence-corrected chi connectivity index (χ0v) is 13.0. The maximum Gasteiger partial charge on any atom is 0.241 e. The highest BCUT2D eigenvalue weighted by Gasteiger charge is 2.34. The number of sulfonamides is 1. The highest BCUT2D eigenvalue weighted by Crippen LogP contribution is 2.22. The van der Waals surface area contributed by atoms with E-state index in [1.54, 1.807) is 24.3 Å². The van der Waals surface area contributed by atoms with Gasteiger partial charge in [-0.2, -0.15) is 0 Å². The standard InChI is InChI=1S/C14H22N2O4S/c1-14(7-10-19-11-14)16-21(17,18)13-5-3-12(4-6-13)20-9-2-8-15/h3-6,16H,2,7-11,15H2,1H3. The summed E-state index contributed by atoms with van der Waals surface area (Å²) in [6.45, 7) is 3.91. The minimum atomic E-state index is -3.55. The molecule has 1 aromatic carbocycles. The molecule has 3 N–H and O–H groups in total. The normalized spacial score (nSPS) is 22.4. The van der Waals surface area contributed by atoms with Gasteiger partial charge in [0.25, 0.3) is 0 Å². The van der Waals surface area contributed by atoms with Crippen LogP contribution in [0.2, 0.25) is 0 Å². The van der Waals surface area contributed by atoms with E-state index in [0.717, 1.165) is 6.42 Å². The molecule has 0 amide bonds. The molecule has 21 heavy (non-hydrogen) atoms. The average molecular weight is 314 g/mol. The Morgan fingerprint density at radius 3 is 2.67 bits per heavy atom. The van der Waals surface area contributed by atoms with Crippen molar-refractivity contribution in [1.29, 1.82) is 0 Å². The van der Waals surface area contributed by atoms with Gasteiger partial charge in [-0.05, 0) is 50.6 Å². The van der Waals surface area contributed by atoms with Crippen molar-refractivity contribution in [2.75, 3.05) is 26.4 Å². The summed E-state index contributed by atoms with van der Waals surface area (Å²) >= 11 is 0. The quantitative estimate of drug-likeness (QED) is 0.729. The first-order chi connectivity index (χ1) is 9.95. The first kappa shape index (κ1) is 16.2. The van der Waals surface area contributed by atoms with Crippen molar-refractivity contribution in [2.24, 2.45) is 5.73 Å². The largest absolute Gasteiger partial charge is 0.494 e. The summed E-state index contributed by atoms with van der Waals surface area (Å²) in [5.41, 5.74) is 4.85. The topological polar surface area (TPSA) is 90.7 Å². The van der Waals surface area contributed by atoms with Gasteiger partial charge in [0.15, 0.2) is 0 Å². The molecule has 2 rings (SSSR count). The molecule has 1 unspecified atom stereocenters. The second-order valence-corrected chi connectivity index (χ2v) is 7.11. The zero-order chi connectivity index (χ0) is 15.3. The average Bonchev–Trinajstić information content (AvgIpc) is 2.85. The summed E-state index contributed by atoms with van der Waals surface area (Å²) in [6, 6.07) is 6.38. The van der Waals surface area contributed by atoms with E-state index in [2.05, 4.69) is 4.72 Å². The fourth-order valence-corrected chi connectivity index (χ4v) is 3.54. The lowest BCUT2D eigenvalue weighted by Gasteiger charge is -2.23. The minimum absolute atomic E-state index is 0.224. The molecule has 1 aliphatic rings. The number of hydrogen-bond acceptors (Lipinski definition) is 5. The first-order valence-electron chi connectivity index (χ1n) is 7.00. The summed E-state index contributed by atoms with van der Waals surface area (Å²) in [5.74, 6) is 0.637. The Balaban J connectivity index is 2.03. The highest BCUT2D eigenvalue weighted by molar-refractivity contribution is 7.89. The van der Waals surface area contributed by atoms with Gasteiger partial charge in [-0.15, -0.1) is 0 Å². The van der Waals surface area contributed by atoms with Gasteiger partial charge in [0.05, 0.1) is 23.6 Å². The number of benzene rings is 1. The molecule has 6 nitrogen and oxygen atoms in total. The molecule has 1 heterocycles. The molecule has 1 saturated heterocycles. The third-order valence-corrected chi connectivity index (χ3v) is 5.01. The Labute approximate surface area is 125 Å². The predicted octanol–water partition coefficient (Wildman–Crippen LogP) is 0.871. The third-order valence-electron chi connectivity index (χ3n) is 3.35. The Bertz CT molecular complexity index is 551.